The van der Waals surface area contributed by atoms with Crippen molar-refractivity contribution in [1.82, 2.24) is 9.78 Å². The first-order chi connectivity index (χ1) is 9.89. The Balaban J connectivity index is 2.43. The first kappa shape index (κ1) is 10.5. The van der Waals surface area contributed by atoms with Crippen molar-refractivity contribution in [3.05, 3.63) is 11.8 Å². The Kier molecular flexibility index (Phi) is 2.39. The van der Waals surface area contributed by atoms with Crippen LogP contribution in [0.4, 0.5) is 0 Å². The van der Waals surface area contributed by atoms with Crippen molar-refractivity contribution in [1.29, 1.82) is 0 Å². The summed E-state index contributed by atoms with van der Waals surface area (Å²) in [6.07, 6.45) is 0. The lowest BCUT2D eigenvalue weighted by Crippen LogP contribution is -2.41. The number of methoxy groups -OCH3 is 1. The van der Waals surface area contributed by atoms with E-state index in [0.29, 0.717) is 4.68 Å². The topological polar surface area (TPSA) is 62.6 Å². The van der Waals surface area contributed by atoms with Crippen LogP contribution in [0.1, 0.15) is 42.3 Å². The van der Waals surface area contributed by atoms with Crippen molar-refractivity contribution in [3.8, 4) is 0 Å². The van der Waals surface area contributed by atoms with Gasteiger partial charge in [0.15, 0.2) is 0 Å². The van der Waals surface area contributed by atoms with Crippen LogP contribution in [0.25, 0.3) is 0 Å². The van der Waals surface area contributed by atoms with E-state index in [4.69, 9.17) is 13.4 Å². The van der Waals surface area contributed by atoms with Crippen molar-refractivity contribution in [2.24, 2.45) is 6.98 Å². The molecule has 0 radical (unpaired) electrons. The molecular formula is C12H19BN2O4. The average molecular weight is 269 g/mol. The van der Waals surface area contributed by atoms with E-state index in [1.165, 1.54) is 13.2 Å². The van der Waals surface area contributed by atoms with Gasteiger partial charge in [-0.25, -0.2) is 4.79 Å². The third-order valence-electron chi connectivity index (χ3n) is 3.62. The molecule has 19 heavy (non-hydrogen) atoms. The lowest BCUT2D eigenvalue weighted by molar-refractivity contribution is 0.00578. The van der Waals surface area contributed by atoms with Gasteiger partial charge in [0.25, 0.3) is 0 Å². The molecule has 0 amide bonds. The zero-order valence-electron chi connectivity index (χ0n) is 14.7. The van der Waals surface area contributed by atoms with E-state index in [9.17, 15) is 4.79 Å². The van der Waals surface area contributed by atoms with Crippen LogP contribution in [0.5, 0.6) is 0 Å². The van der Waals surface area contributed by atoms with Crippen molar-refractivity contribution in [2.75, 3.05) is 7.11 Å². The molecule has 1 aliphatic rings. The summed E-state index contributed by atoms with van der Waals surface area (Å²) in [6, 6.07) is 1.32. The maximum atomic E-state index is 11.7. The van der Waals surface area contributed by atoms with Gasteiger partial charge in [0.2, 0.25) is 0 Å². The number of ether oxygens (including phenoxy) is 1. The summed E-state index contributed by atoms with van der Waals surface area (Å²) in [5, 5.41) is 3.97. The minimum Gasteiger partial charge on any atom is -0.464 e. The van der Waals surface area contributed by atoms with Crippen LogP contribution in [-0.4, -0.2) is 41.2 Å². The van der Waals surface area contributed by atoms with Crippen molar-refractivity contribution < 1.29 is 23.0 Å². The number of nitrogens with zero attached hydrogens (tertiary/aromatic N) is 2. The fourth-order valence-electron chi connectivity index (χ4n) is 1.73. The molecule has 0 bridgehead atoms. The minimum absolute atomic E-state index is 0.174. The molecular weight excluding hydrogens is 247 g/mol. The number of hydrogen-bond donors (Lipinski definition) is 0. The van der Waals surface area contributed by atoms with E-state index in [2.05, 4.69) is 9.84 Å². The number of esters is 1. The molecule has 2 heterocycles. The van der Waals surface area contributed by atoms with E-state index in [0.717, 1.165) is 0 Å². The van der Waals surface area contributed by atoms with Gasteiger partial charge in [-0.1, -0.05) is 0 Å². The molecule has 1 saturated heterocycles. The van der Waals surface area contributed by atoms with E-state index < -0.39 is 31.3 Å². The standard InChI is InChI=1S/C12H19BN2O4/c1-11(2)12(3,4)19-13(18-11)9-7-8(10(16)17-6)15(5)14-9/h7H,1-6H3/i5D3. The molecule has 0 aliphatic carbocycles. The number of carbonyl (C=O) groups excluding carboxylic acids is 1. The van der Waals surface area contributed by atoms with Gasteiger partial charge < -0.3 is 14.0 Å². The zero-order valence-corrected chi connectivity index (χ0v) is 11.7. The zero-order chi connectivity index (χ0) is 16.9. The Morgan fingerprint density at radius 2 is 2.00 bits per heavy atom. The molecule has 1 aliphatic heterocycles. The first-order valence-electron chi connectivity index (χ1n) is 7.43. The SMILES string of the molecule is [2H]C([2H])([2H])n1nc(B2OC(C)(C)C(C)(C)O2)cc1C(=O)OC. The number of carbonyl (C=O) groups is 1. The third-order valence-corrected chi connectivity index (χ3v) is 3.62. The van der Waals surface area contributed by atoms with Gasteiger partial charge in [0, 0.05) is 11.1 Å². The van der Waals surface area contributed by atoms with Crippen LogP contribution in [-0.2, 0) is 21.0 Å². The molecule has 0 atom stereocenters. The van der Waals surface area contributed by atoms with Gasteiger partial charge in [-0.3, -0.25) is 4.68 Å². The van der Waals surface area contributed by atoms with E-state index in [1.54, 1.807) is 0 Å². The maximum Gasteiger partial charge on any atom is 0.516 e. The van der Waals surface area contributed by atoms with Crippen LogP contribution < -0.4 is 5.59 Å². The highest BCUT2D eigenvalue weighted by molar-refractivity contribution is 6.61. The number of aryl methyl sites for hydroxylation is 1. The van der Waals surface area contributed by atoms with Gasteiger partial charge >= 0.3 is 13.1 Å². The van der Waals surface area contributed by atoms with Crippen molar-refractivity contribution in [3.63, 3.8) is 0 Å². The molecule has 0 unspecified atom stereocenters. The van der Waals surface area contributed by atoms with Crippen LogP contribution in [0.3, 0.4) is 0 Å². The normalized spacial score (nSPS) is 23.6. The van der Waals surface area contributed by atoms with Gasteiger partial charge in [-0.15, -0.1) is 0 Å². The van der Waals surface area contributed by atoms with Crippen LogP contribution >= 0.6 is 0 Å². The summed E-state index contributed by atoms with van der Waals surface area (Å²) in [5.74, 6) is -0.786. The summed E-state index contributed by atoms with van der Waals surface area (Å²) >= 11 is 0. The molecule has 6 nitrogen and oxygen atoms in total. The van der Waals surface area contributed by atoms with Gasteiger partial charge in [0.1, 0.15) is 5.69 Å². The molecule has 1 aromatic rings. The molecule has 2 rings (SSSR count). The average Bonchev–Trinajstić information content (AvgIpc) is 2.88. The van der Waals surface area contributed by atoms with Crippen molar-refractivity contribution in [2.45, 2.75) is 38.9 Å². The second kappa shape index (κ2) is 4.35. The molecule has 0 aromatic carbocycles. The molecule has 104 valence electrons. The lowest BCUT2D eigenvalue weighted by Gasteiger charge is -2.32. The largest absolute Gasteiger partial charge is 0.516 e. The van der Waals surface area contributed by atoms with Gasteiger partial charge in [-0.2, -0.15) is 5.10 Å². The Labute approximate surface area is 117 Å². The van der Waals surface area contributed by atoms with Gasteiger partial charge in [-0.05, 0) is 33.8 Å². The summed E-state index contributed by atoms with van der Waals surface area (Å²) in [5.41, 5.74) is -1.14. The second-order valence-corrected chi connectivity index (χ2v) is 5.45. The Morgan fingerprint density at radius 3 is 2.47 bits per heavy atom. The molecule has 7 heteroatoms. The number of hydrogen-bond acceptors (Lipinski definition) is 5. The number of aromatic nitrogens is 2. The molecule has 1 aromatic heterocycles. The molecule has 0 N–H and O–H groups in total. The Hall–Kier alpha value is -1.34. The molecule has 0 spiro atoms. The Morgan fingerprint density at radius 1 is 1.42 bits per heavy atom. The minimum atomic E-state index is -2.61. The summed E-state index contributed by atoms with van der Waals surface area (Å²) in [4.78, 5) is 11.7. The van der Waals surface area contributed by atoms with Crippen molar-refractivity contribution >= 4 is 18.7 Å². The van der Waals surface area contributed by atoms with Crippen LogP contribution in [0.2, 0.25) is 0 Å². The van der Waals surface area contributed by atoms with E-state index in [-0.39, 0.29) is 11.3 Å². The van der Waals surface area contributed by atoms with E-state index >= 15 is 0 Å². The van der Waals surface area contributed by atoms with Gasteiger partial charge in [0.05, 0.1) is 23.9 Å². The first-order valence-corrected chi connectivity index (χ1v) is 5.93. The quantitative estimate of drug-likeness (QED) is 0.578. The predicted octanol–water partition coefficient (Wildman–Crippen LogP) is 0.506. The fourth-order valence-corrected chi connectivity index (χ4v) is 1.73. The summed E-state index contributed by atoms with van der Waals surface area (Å²) in [6.45, 7) is 4.87. The third kappa shape index (κ3) is 2.28. The summed E-state index contributed by atoms with van der Waals surface area (Å²) < 4.78 is 39.3. The number of rotatable bonds is 2. The highest BCUT2D eigenvalue weighted by Crippen LogP contribution is 2.36. The Bertz CT molecular complexity index is 582. The fraction of sp³-hybridized carbons (Fsp3) is 0.667. The van der Waals surface area contributed by atoms with E-state index in [1.807, 2.05) is 27.7 Å². The van der Waals surface area contributed by atoms with Crippen LogP contribution in [0.15, 0.2) is 6.07 Å². The predicted molar refractivity (Wildman–Crippen MR) is 70.3 cm³/mol. The second-order valence-electron chi connectivity index (χ2n) is 5.45. The lowest BCUT2D eigenvalue weighted by atomic mass is 9.85. The smallest absolute Gasteiger partial charge is 0.464 e. The highest BCUT2D eigenvalue weighted by atomic mass is 16.7. The highest BCUT2D eigenvalue weighted by Gasteiger charge is 2.52. The van der Waals surface area contributed by atoms with Crippen LogP contribution in [0, 0.1) is 0 Å². The molecule has 0 saturated carbocycles. The monoisotopic (exact) mass is 269 g/mol. The molecule has 1 fully saturated rings. The maximum absolute atomic E-state index is 11.7. The summed E-state index contributed by atoms with van der Waals surface area (Å²) in [7, 11) is 0.324.